The quantitative estimate of drug-likeness (QED) is 0.388. The Morgan fingerprint density at radius 2 is 1.64 bits per heavy atom. The van der Waals surface area contributed by atoms with Crippen LogP contribution in [0.15, 0.2) is 77.6 Å². The van der Waals surface area contributed by atoms with Crippen LogP contribution < -0.4 is 10.9 Å². The van der Waals surface area contributed by atoms with E-state index in [0.29, 0.717) is 17.1 Å². The van der Waals surface area contributed by atoms with Gasteiger partial charge in [-0.3, -0.25) is 4.79 Å². The van der Waals surface area contributed by atoms with Gasteiger partial charge >= 0.3 is 6.03 Å². The number of halogens is 1. The monoisotopic (exact) mass is 459 g/mol. The van der Waals surface area contributed by atoms with Crippen molar-refractivity contribution in [3.05, 3.63) is 116 Å². The summed E-state index contributed by atoms with van der Waals surface area (Å²) in [5.41, 5.74) is 5.10. The van der Waals surface area contributed by atoms with E-state index in [1.165, 1.54) is 0 Å². The number of carbonyl (C=O) groups is 1. The second kappa shape index (κ2) is 9.92. The average Bonchev–Trinajstić information content (AvgIpc) is 2.79. The second-order valence-corrected chi connectivity index (χ2v) is 8.67. The third-order valence-corrected chi connectivity index (χ3v) is 6.01. The smallest absolute Gasteiger partial charge is 0.318 e. The van der Waals surface area contributed by atoms with Gasteiger partial charge in [0.25, 0.3) is 5.56 Å². The molecule has 4 rings (SSSR count). The van der Waals surface area contributed by atoms with Crippen LogP contribution >= 0.6 is 11.6 Å². The number of hydrogen-bond donors (Lipinski definition) is 2. The number of H-pyrrole nitrogens is 1. The van der Waals surface area contributed by atoms with Gasteiger partial charge in [-0.15, -0.1) is 0 Å². The summed E-state index contributed by atoms with van der Waals surface area (Å²) in [6, 6.07) is 22.8. The summed E-state index contributed by atoms with van der Waals surface area (Å²) in [7, 11) is 0. The van der Waals surface area contributed by atoms with E-state index in [4.69, 9.17) is 11.6 Å². The molecule has 0 fully saturated rings. The van der Waals surface area contributed by atoms with Crippen LogP contribution in [-0.2, 0) is 19.6 Å². The lowest BCUT2D eigenvalue weighted by atomic mass is 10.0. The number of hydrogen-bond acceptors (Lipinski definition) is 2. The molecule has 0 spiro atoms. The number of benzene rings is 3. The molecular formula is C27H26ClN3O2. The predicted octanol–water partition coefficient (Wildman–Crippen LogP) is 5.71. The first kappa shape index (κ1) is 22.6. The summed E-state index contributed by atoms with van der Waals surface area (Å²) < 4.78 is 0. The maximum Gasteiger partial charge on any atom is 0.318 e. The van der Waals surface area contributed by atoms with Gasteiger partial charge in [-0.2, -0.15) is 0 Å². The first-order valence-corrected chi connectivity index (χ1v) is 11.2. The number of aromatic nitrogens is 1. The first-order chi connectivity index (χ1) is 15.9. The van der Waals surface area contributed by atoms with Gasteiger partial charge in [0, 0.05) is 34.6 Å². The molecular weight excluding hydrogens is 434 g/mol. The van der Waals surface area contributed by atoms with E-state index in [-0.39, 0.29) is 24.7 Å². The van der Waals surface area contributed by atoms with E-state index in [9.17, 15) is 9.59 Å². The van der Waals surface area contributed by atoms with Crippen molar-refractivity contribution in [2.45, 2.75) is 33.5 Å². The van der Waals surface area contributed by atoms with Crippen LogP contribution in [-0.4, -0.2) is 15.9 Å². The van der Waals surface area contributed by atoms with Gasteiger partial charge in [0.05, 0.1) is 6.54 Å². The fraction of sp³-hybridized carbons (Fsp3) is 0.185. The Kier molecular flexibility index (Phi) is 6.80. The third-order valence-electron chi connectivity index (χ3n) is 5.64. The Hall–Kier alpha value is -3.57. The normalized spacial score (nSPS) is 10.9. The fourth-order valence-corrected chi connectivity index (χ4v) is 4.15. The van der Waals surface area contributed by atoms with Crippen molar-refractivity contribution < 1.29 is 4.79 Å². The van der Waals surface area contributed by atoms with Gasteiger partial charge in [0.2, 0.25) is 0 Å². The van der Waals surface area contributed by atoms with Crippen LogP contribution in [0.1, 0.15) is 27.8 Å². The number of carbonyl (C=O) groups excluding carboxylic acids is 1. The Bertz CT molecular complexity index is 1350. The molecule has 0 radical (unpaired) electrons. The van der Waals surface area contributed by atoms with Crippen molar-refractivity contribution in [1.29, 1.82) is 0 Å². The SMILES string of the molecule is Cc1cc(C)c2cc(CN(Cc3ccccc3Cl)C(=O)NCc3ccccc3)c(=O)[nH]c2c1. The minimum atomic E-state index is -0.265. The standard InChI is InChI=1S/C27H26ClN3O2/c1-18-12-19(2)23-14-22(26(32)30-25(23)13-18)17-31(16-21-10-6-7-11-24(21)28)27(33)29-15-20-8-4-3-5-9-20/h3-14H,15-17H2,1-2H3,(H,29,33)(H,30,32). The van der Waals surface area contributed by atoms with E-state index in [1.54, 1.807) is 11.0 Å². The van der Waals surface area contributed by atoms with Gasteiger partial charge < -0.3 is 15.2 Å². The van der Waals surface area contributed by atoms with Crippen molar-refractivity contribution >= 4 is 28.5 Å². The topological polar surface area (TPSA) is 65.2 Å². The first-order valence-electron chi connectivity index (χ1n) is 10.8. The number of amides is 2. The molecule has 0 saturated heterocycles. The molecule has 1 heterocycles. The Balaban J connectivity index is 1.64. The van der Waals surface area contributed by atoms with E-state index in [0.717, 1.165) is 33.2 Å². The predicted molar refractivity (Wildman–Crippen MR) is 133 cm³/mol. The molecule has 0 aliphatic carbocycles. The van der Waals surface area contributed by atoms with Crippen molar-refractivity contribution in [2.75, 3.05) is 0 Å². The number of aryl methyl sites for hydroxylation is 2. The summed E-state index contributed by atoms with van der Waals surface area (Å²) in [5.74, 6) is 0. The zero-order valence-electron chi connectivity index (χ0n) is 18.7. The number of rotatable bonds is 6. The molecule has 0 aliphatic heterocycles. The molecule has 0 unspecified atom stereocenters. The minimum Gasteiger partial charge on any atom is -0.334 e. The van der Waals surface area contributed by atoms with Gasteiger partial charge in [-0.1, -0.05) is 66.2 Å². The lowest BCUT2D eigenvalue weighted by Crippen LogP contribution is -2.40. The number of fused-ring (bicyclic) bond motifs is 1. The summed E-state index contributed by atoms with van der Waals surface area (Å²) in [6.45, 7) is 4.85. The van der Waals surface area contributed by atoms with Crippen LogP contribution in [0.2, 0.25) is 5.02 Å². The van der Waals surface area contributed by atoms with Crippen LogP contribution in [0.4, 0.5) is 4.79 Å². The Labute approximate surface area is 198 Å². The van der Waals surface area contributed by atoms with Crippen LogP contribution in [0.3, 0.4) is 0 Å². The highest BCUT2D eigenvalue weighted by molar-refractivity contribution is 6.31. The van der Waals surface area contributed by atoms with Crippen LogP contribution in [0.5, 0.6) is 0 Å². The van der Waals surface area contributed by atoms with Crippen LogP contribution in [0, 0.1) is 13.8 Å². The van der Waals surface area contributed by atoms with E-state index in [2.05, 4.69) is 16.4 Å². The van der Waals surface area contributed by atoms with E-state index < -0.39 is 0 Å². The third kappa shape index (κ3) is 5.44. The summed E-state index contributed by atoms with van der Waals surface area (Å²) in [4.78, 5) is 30.6. The van der Waals surface area contributed by atoms with Crippen molar-refractivity contribution in [3.8, 4) is 0 Å². The molecule has 0 aliphatic rings. The lowest BCUT2D eigenvalue weighted by molar-refractivity contribution is 0.191. The fourth-order valence-electron chi connectivity index (χ4n) is 3.96. The molecule has 2 N–H and O–H groups in total. The highest BCUT2D eigenvalue weighted by atomic mass is 35.5. The maximum atomic E-state index is 13.2. The number of nitrogens with one attached hydrogen (secondary N) is 2. The highest BCUT2D eigenvalue weighted by Gasteiger charge is 2.18. The molecule has 2 amide bonds. The van der Waals surface area contributed by atoms with Crippen LogP contribution in [0.25, 0.3) is 10.9 Å². The van der Waals surface area contributed by atoms with Crippen molar-refractivity contribution in [3.63, 3.8) is 0 Å². The number of aromatic amines is 1. The summed E-state index contributed by atoms with van der Waals surface area (Å²) in [6.07, 6.45) is 0. The molecule has 5 nitrogen and oxygen atoms in total. The zero-order valence-corrected chi connectivity index (χ0v) is 19.4. The van der Waals surface area contributed by atoms with Crippen molar-refractivity contribution in [1.82, 2.24) is 15.2 Å². The molecule has 0 atom stereocenters. The number of urea groups is 1. The molecule has 6 heteroatoms. The molecule has 0 saturated carbocycles. The van der Waals surface area contributed by atoms with E-state index in [1.807, 2.05) is 74.5 Å². The van der Waals surface area contributed by atoms with Gasteiger partial charge in [0.15, 0.2) is 0 Å². The van der Waals surface area contributed by atoms with Gasteiger partial charge in [0.1, 0.15) is 0 Å². The molecule has 4 aromatic rings. The highest BCUT2D eigenvalue weighted by Crippen LogP contribution is 2.21. The minimum absolute atomic E-state index is 0.157. The Morgan fingerprint density at radius 1 is 0.939 bits per heavy atom. The zero-order chi connectivity index (χ0) is 23.4. The molecule has 33 heavy (non-hydrogen) atoms. The molecule has 3 aromatic carbocycles. The summed E-state index contributed by atoms with van der Waals surface area (Å²) >= 11 is 6.37. The van der Waals surface area contributed by atoms with E-state index >= 15 is 0 Å². The Morgan fingerprint density at radius 3 is 2.39 bits per heavy atom. The maximum absolute atomic E-state index is 13.2. The molecule has 168 valence electrons. The lowest BCUT2D eigenvalue weighted by Gasteiger charge is -2.24. The summed E-state index contributed by atoms with van der Waals surface area (Å²) in [5, 5.41) is 4.52. The molecule has 1 aromatic heterocycles. The van der Waals surface area contributed by atoms with Crippen molar-refractivity contribution in [2.24, 2.45) is 0 Å². The second-order valence-electron chi connectivity index (χ2n) is 8.26. The average molecular weight is 460 g/mol. The van der Waals surface area contributed by atoms with Gasteiger partial charge in [-0.05, 0) is 54.3 Å². The number of nitrogens with zero attached hydrogens (tertiary/aromatic N) is 1. The van der Waals surface area contributed by atoms with Gasteiger partial charge in [-0.25, -0.2) is 4.79 Å². The largest absolute Gasteiger partial charge is 0.334 e. The number of pyridine rings is 1. The molecule has 0 bridgehead atoms.